The molecule has 8 nitrogen and oxygen atoms in total. The smallest absolute Gasteiger partial charge is 0.287 e. The molecule has 0 saturated carbocycles. The molecule has 0 bridgehead atoms. The molecule has 1 aromatic heterocycles. The average molecular weight is 430 g/mol. The van der Waals surface area contributed by atoms with E-state index in [-0.39, 0.29) is 35.4 Å². The first-order valence-electron chi connectivity index (χ1n) is 10.4. The highest BCUT2D eigenvalue weighted by molar-refractivity contribution is 5.94. The van der Waals surface area contributed by atoms with Crippen LogP contribution >= 0.6 is 0 Å². The number of hydrogen-bond acceptors (Lipinski definition) is 6. The summed E-state index contributed by atoms with van der Waals surface area (Å²) in [7, 11) is 1.52. The van der Waals surface area contributed by atoms with Gasteiger partial charge >= 0.3 is 0 Å². The van der Waals surface area contributed by atoms with Crippen LogP contribution in [0.3, 0.4) is 0 Å². The number of amides is 2. The van der Waals surface area contributed by atoms with Gasteiger partial charge in [0.2, 0.25) is 5.91 Å². The van der Waals surface area contributed by atoms with E-state index in [9.17, 15) is 14.7 Å². The monoisotopic (exact) mass is 429 g/mol. The maximum absolute atomic E-state index is 12.3. The molecule has 168 valence electrons. The van der Waals surface area contributed by atoms with E-state index in [0.717, 1.165) is 24.3 Å². The molecule has 31 heavy (non-hydrogen) atoms. The van der Waals surface area contributed by atoms with Crippen molar-refractivity contribution in [1.82, 2.24) is 15.5 Å². The van der Waals surface area contributed by atoms with Crippen LogP contribution in [-0.4, -0.2) is 54.6 Å². The summed E-state index contributed by atoms with van der Waals surface area (Å²) in [6.07, 6.45) is 0.828. The molecule has 1 fully saturated rings. The number of ether oxygens (including phenoxy) is 1. The lowest BCUT2D eigenvalue weighted by Gasteiger charge is -2.17. The zero-order valence-corrected chi connectivity index (χ0v) is 18.5. The largest absolute Gasteiger partial charge is 0.504 e. The number of benzene rings is 1. The molecule has 0 spiro atoms. The number of carbonyl (C=O) groups excluding carboxylic acids is 2. The number of likely N-dealkylation sites (tertiary alicyclic amines) is 1. The standard InChI is InChI=1S/C23H31N3O5/c1-23(2,3)20-8-7-19(31-20)22(29)24-12-21(28)25-16-9-10-26(14-16)13-15-5-6-18(30-4)17(27)11-15/h5-8,11,16,27H,9-10,12-14H2,1-4H3,(H,24,29)(H,25,28)/t16-/m1/s1. The van der Waals surface area contributed by atoms with E-state index in [1.165, 1.54) is 7.11 Å². The first kappa shape index (κ1) is 22.7. The zero-order valence-electron chi connectivity index (χ0n) is 18.5. The molecule has 1 aliphatic heterocycles. The van der Waals surface area contributed by atoms with Gasteiger partial charge in [0.15, 0.2) is 17.3 Å². The van der Waals surface area contributed by atoms with E-state index in [1.807, 2.05) is 26.8 Å². The van der Waals surface area contributed by atoms with E-state index >= 15 is 0 Å². The lowest BCUT2D eigenvalue weighted by molar-refractivity contribution is -0.120. The second-order valence-corrected chi connectivity index (χ2v) is 8.89. The Balaban J connectivity index is 1.42. The Morgan fingerprint density at radius 1 is 1.26 bits per heavy atom. The minimum atomic E-state index is -0.405. The van der Waals surface area contributed by atoms with Crippen LogP contribution in [-0.2, 0) is 16.8 Å². The summed E-state index contributed by atoms with van der Waals surface area (Å²) >= 11 is 0. The van der Waals surface area contributed by atoms with Crippen LogP contribution in [0.25, 0.3) is 0 Å². The van der Waals surface area contributed by atoms with Gasteiger partial charge in [-0.2, -0.15) is 0 Å². The number of hydrogen-bond donors (Lipinski definition) is 3. The SMILES string of the molecule is COc1ccc(CN2CC[C@@H](NC(=O)CNC(=O)c3ccc(C(C)(C)C)o3)C2)cc1O. The molecule has 1 aromatic carbocycles. The Bertz CT molecular complexity index is 932. The van der Waals surface area contributed by atoms with Crippen LogP contribution in [0.4, 0.5) is 0 Å². The summed E-state index contributed by atoms with van der Waals surface area (Å²) in [6, 6.07) is 8.78. The van der Waals surface area contributed by atoms with Crippen molar-refractivity contribution in [1.29, 1.82) is 0 Å². The van der Waals surface area contributed by atoms with Gasteiger partial charge in [-0.1, -0.05) is 26.8 Å². The fraction of sp³-hybridized carbons (Fsp3) is 0.478. The number of nitrogens with one attached hydrogen (secondary N) is 2. The van der Waals surface area contributed by atoms with Crippen LogP contribution < -0.4 is 15.4 Å². The molecular weight excluding hydrogens is 398 g/mol. The Morgan fingerprint density at radius 3 is 2.68 bits per heavy atom. The van der Waals surface area contributed by atoms with Gasteiger partial charge in [-0.3, -0.25) is 14.5 Å². The van der Waals surface area contributed by atoms with Gasteiger partial charge in [-0.15, -0.1) is 0 Å². The third-order valence-corrected chi connectivity index (χ3v) is 5.27. The van der Waals surface area contributed by atoms with Gasteiger partial charge in [0.05, 0.1) is 13.7 Å². The summed E-state index contributed by atoms with van der Waals surface area (Å²) in [5, 5.41) is 15.5. The fourth-order valence-corrected chi connectivity index (χ4v) is 3.58. The van der Waals surface area contributed by atoms with Crippen molar-refractivity contribution < 1.29 is 23.8 Å². The Hall–Kier alpha value is -3.00. The van der Waals surface area contributed by atoms with Crippen LogP contribution in [0.2, 0.25) is 0 Å². The molecule has 2 heterocycles. The summed E-state index contributed by atoms with van der Waals surface area (Å²) in [5.74, 6) is 0.848. The van der Waals surface area contributed by atoms with Gasteiger partial charge < -0.3 is 24.9 Å². The number of phenols is 1. The quantitative estimate of drug-likeness (QED) is 0.625. The molecule has 1 saturated heterocycles. The van der Waals surface area contributed by atoms with Gasteiger partial charge in [0.25, 0.3) is 5.91 Å². The maximum atomic E-state index is 12.3. The predicted octanol–water partition coefficient (Wildman–Crippen LogP) is 2.41. The number of furan rings is 1. The van der Waals surface area contributed by atoms with Crippen LogP contribution in [0.15, 0.2) is 34.7 Å². The Labute approximate surface area is 182 Å². The number of methoxy groups -OCH3 is 1. The van der Waals surface area contributed by atoms with Gasteiger partial charge in [0, 0.05) is 31.1 Å². The molecular formula is C23H31N3O5. The normalized spacial score (nSPS) is 16.8. The third kappa shape index (κ3) is 6.01. The van der Waals surface area contributed by atoms with Crippen LogP contribution in [0.5, 0.6) is 11.5 Å². The molecule has 1 aliphatic rings. The molecule has 0 aliphatic carbocycles. The van der Waals surface area contributed by atoms with Crippen molar-refractivity contribution in [2.75, 3.05) is 26.7 Å². The van der Waals surface area contributed by atoms with Gasteiger partial charge in [-0.05, 0) is 36.2 Å². The highest BCUT2D eigenvalue weighted by Gasteiger charge is 2.25. The zero-order chi connectivity index (χ0) is 22.6. The molecule has 8 heteroatoms. The van der Waals surface area contributed by atoms with E-state index in [0.29, 0.717) is 18.8 Å². The van der Waals surface area contributed by atoms with Crippen molar-refractivity contribution in [2.24, 2.45) is 0 Å². The molecule has 1 atom stereocenters. The van der Waals surface area contributed by atoms with Crippen molar-refractivity contribution in [2.45, 2.75) is 45.2 Å². The lowest BCUT2D eigenvalue weighted by atomic mass is 9.94. The molecule has 2 amide bonds. The molecule has 0 unspecified atom stereocenters. The van der Waals surface area contributed by atoms with Crippen molar-refractivity contribution in [3.05, 3.63) is 47.4 Å². The van der Waals surface area contributed by atoms with Gasteiger partial charge in [0.1, 0.15) is 5.76 Å². The number of phenolic OH excluding ortho intramolecular Hbond substituents is 1. The molecule has 3 rings (SSSR count). The van der Waals surface area contributed by atoms with E-state index in [4.69, 9.17) is 9.15 Å². The average Bonchev–Trinajstić information content (AvgIpc) is 3.36. The lowest BCUT2D eigenvalue weighted by Crippen LogP contribution is -2.43. The van der Waals surface area contributed by atoms with E-state index < -0.39 is 5.91 Å². The highest BCUT2D eigenvalue weighted by atomic mass is 16.5. The number of rotatable bonds is 7. The minimum absolute atomic E-state index is 0.0207. The predicted molar refractivity (Wildman–Crippen MR) is 116 cm³/mol. The maximum Gasteiger partial charge on any atom is 0.287 e. The first-order valence-corrected chi connectivity index (χ1v) is 10.4. The topological polar surface area (TPSA) is 104 Å². The molecule has 2 aromatic rings. The van der Waals surface area contributed by atoms with E-state index in [1.54, 1.807) is 24.3 Å². The number of nitrogens with zero attached hydrogens (tertiary/aromatic N) is 1. The number of carbonyl (C=O) groups is 2. The summed E-state index contributed by atoms with van der Waals surface area (Å²) < 4.78 is 10.7. The van der Waals surface area contributed by atoms with Crippen molar-refractivity contribution >= 4 is 11.8 Å². The second-order valence-electron chi connectivity index (χ2n) is 8.89. The van der Waals surface area contributed by atoms with Gasteiger partial charge in [-0.25, -0.2) is 0 Å². The van der Waals surface area contributed by atoms with E-state index in [2.05, 4.69) is 15.5 Å². The third-order valence-electron chi connectivity index (χ3n) is 5.27. The van der Waals surface area contributed by atoms with Crippen LogP contribution in [0.1, 0.15) is 49.1 Å². The summed E-state index contributed by atoms with van der Waals surface area (Å²) in [4.78, 5) is 26.7. The first-order chi connectivity index (χ1) is 14.7. The number of aromatic hydroxyl groups is 1. The summed E-state index contributed by atoms with van der Waals surface area (Å²) in [6.45, 7) is 8.13. The fourth-order valence-electron chi connectivity index (χ4n) is 3.58. The summed E-state index contributed by atoms with van der Waals surface area (Å²) in [5.41, 5.74) is 0.792. The molecule has 0 radical (unpaired) electrons. The van der Waals surface area contributed by atoms with Crippen molar-refractivity contribution in [3.8, 4) is 11.5 Å². The highest BCUT2D eigenvalue weighted by Crippen LogP contribution is 2.27. The second kappa shape index (κ2) is 9.43. The Morgan fingerprint density at radius 2 is 2.03 bits per heavy atom. The molecule has 3 N–H and O–H groups in total. The van der Waals surface area contributed by atoms with Crippen LogP contribution in [0, 0.1) is 0 Å². The Kier molecular flexibility index (Phi) is 6.90. The van der Waals surface area contributed by atoms with Crippen molar-refractivity contribution in [3.63, 3.8) is 0 Å². The minimum Gasteiger partial charge on any atom is -0.504 e.